The van der Waals surface area contributed by atoms with Gasteiger partial charge in [-0.05, 0) is 17.7 Å². The van der Waals surface area contributed by atoms with E-state index in [1.807, 2.05) is 31.2 Å². The van der Waals surface area contributed by atoms with Crippen LogP contribution in [0.25, 0.3) is 6.08 Å². The molecule has 0 aliphatic carbocycles. The molecule has 80 valence electrons. The first-order valence-electron chi connectivity index (χ1n) is 5.18. The molecule has 1 aromatic carbocycles. The first-order chi connectivity index (χ1) is 7.27. The zero-order valence-electron chi connectivity index (χ0n) is 8.94. The molecule has 0 heterocycles. The van der Waals surface area contributed by atoms with Crippen LogP contribution < -0.4 is 0 Å². The standard InChI is InChI=1S/C13H16OS/c1-2-13(14)12-8-6-11(7-9-12)5-3-4-10-15/h3,5-9,15H,2,4,10H2,1H3. The Morgan fingerprint density at radius 1 is 1.33 bits per heavy atom. The summed E-state index contributed by atoms with van der Waals surface area (Å²) in [5.74, 6) is 1.06. The van der Waals surface area contributed by atoms with E-state index >= 15 is 0 Å². The molecule has 0 saturated heterocycles. The Balaban J connectivity index is 2.68. The van der Waals surface area contributed by atoms with Crippen molar-refractivity contribution >= 4 is 24.5 Å². The molecule has 1 aromatic rings. The predicted octanol–water partition coefficient (Wildman–Crippen LogP) is 3.61. The normalized spacial score (nSPS) is 10.8. The third kappa shape index (κ3) is 3.92. The van der Waals surface area contributed by atoms with Gasteiger partial charge >= 0.3 is 0 Å². The van der Waals surface area contributed by atoms with E-state index in [0.717, 1.165) is 23.3 Å². The maximum atomic E-state index is 11.4. The lowest BCUT2D eigenvalue weighted by Crippen LogP contribution is -1.95. The number of Topliss-reactive ketones (excluding diaryl/α,β-unsaturated/α-hetero) is 1. The minimum Gasteiger partial charge on any atom is -0.294 e. The number of carbonyl (C=O) groups is 1. The van der Waals surface area contributed by atoms with Gasteiger partial charge in [-0.3, -0.25) is 4.79 Å². The minimum atomic E-state index is 0.195. The molecular weight excluding hydrogens is 204 g/mol. The van der Waals surface area contributed by atoms with Crippen molar-refractivity contribution in [3.05, 3.63) is 41.5 Å². The van der Waals surface area contributed by atoms with E-state index in [2.05, 4.69) is 24.8 Å². The van der Waals surface area contributed by atoms with Crippen molar-refractivity contribution in [2.75, 3.05) is 5.75 Å². The topological polar surface area (TPSA) is 17.1 Å². The number of hydrogen-bond acceptors (Lipinski definition) is 2. The number of hydrogen-bond donors (Lipinski definition) is 1. The summed E-state index contributed by atoms with van der Waals surface area (Å²) in [6, 6.07) is 7.70. The van der Waals surface area contributed by atoms with E-state index in [-0.39, 0.29) is 5.78 Å². The van der Waals surface area contributed by atoms with Crippen molar-refractivity contribution in [3.63, 3.8) is 0 Å². The maximum absolute atomic E-state index is 11.4. The molecule has 1 rings (SSSR count). The molecule has 1 nitrogen and oxygen atoms in total. The molecule has 0 aromatic heterocycles. The molecule has 0 bridgehead atoms. The molecule has 0 spiro atoms. The van der Waals surface area contributed by atoms with E-state index in [9.17, 15) is 4.79 Å². The van der Waals surface area contributed by atoms with Crippen molar-refractivity contribution in [2.45, 2.75) is 19.8 Å². The molecule has 0 radical (unpaired) electrons. The summed E-state index contributed by atoms with van der Waals surface area (Å²) < 4.78 is 0. The van der Waals surface area contributed by atoms with Crippen molar-refractivity contribution in [3.8, 4) is 0 Å². The number of ketones is 1. The highest BCUT2D eigenvalue weighted by Gasteiger charge is 2.00. The quantitative estimate of drug-likeness (QED) is 0.592. The number of benzene rings is 1. The Morgan fingerprint density at radius 3 is 2.53 bits per heavy atom. The second-order valence-electron chi connectivity index (χ2n) is 3.31. The fraction of sp³-hybridized carbons (Fsp3) is 0.308. The van der Waals surface area contributed by atoms with Crippen LogP contribution in [0, 0.1) is 0 Å². The molecule has 0 aliphatic rings. The number of rotatable bonds is 5. The van der Waals surface area contributed by atoms with Crippen LogP contribution in [0.5, 0.6) is 0 Å². The fourth-order valence-electron chi connectivity index (χ4n) is 1.28. The molecule has 0 N–H and O–H groups in total. The van der Waals surface area contributed by atoms with Gasteiger partial charge in [0.15, 0.2) is 5.78 Å². The van der Waals surface area contributed by atoms with Gasteiger partial charge in [0.2, 0.25) is 0 Å². The smallest absolute Gasteiger partial charge is 0.162 e. The summed E-state index contributed by atoms with van der Waals surface area (Å²) in [6.07, 6.45) is 5.67. The Morgan fingerprint density at radius 2 is 2.00 bits per heavy atom. The van der Waals surface area contributed by atoms with Crippen LogP contribution in [0.2, 0.25) is 0 Å². The highest BCUT2D eigenvalue weighted by Crippen LogP contribution is 2.08. The van der Waals surface area contributed by atoms with Crippen LogP contribution in [0.4, 0.5) is 0 Å². The molecular formula is C13H16OS. The van der Waals surface area contributed by atoms with Crippen LogP contribution in [-0.4, -0.2) is 11.5 Å². The molecule has 0 unspecified atom stereocenters. The van der Waals surface area contributed by atoms with E-state index in [4.69, 9.17) is 0 Å². The van der Waals surface area contributed by atoms with Gasteiger partial charge < -0.3 is 0 Å². The third-order valence-corrected chi connectivity index (χ3v) is 2.42. The lowest BCUT2D eigenvalue weighted by atomic mass is 10.1. The Hall–Kier alpha value is -1.02. The van der Waals surface area contributed by atoms with Gasteiger partial charge in [0.25, 0.3) is 0 Å². The monoisotopic (exact) mass is 220 g/mol. The zero-order valence-corrected chi connectivity index (χ0v) is 9.84. The van der Waals surface area contributed by atoms with Crippen LogP contribution >= 0.6 is 12.6 Å². The zero-order chi connectivity index (χ0) is 11.1. The summed E-state index contributed by atoms with van der Waals surface area (Å²) in [7, 11) is 0. The summed E-state index contributed by atoms with van der Waals surface area (Å²) in [6.45, 7) is 1.88. The van der Waals surface area contributed by atoms with Gasteiger partial charge in [0.1, 0.15) is 0 Å². The number of thiol groups is 1. The van der Waals surface area contributed by atoms with Crippen molar-refractivity contribution in [1.29, 1.82) is 0 Å². The lowest BCUT2D eigenvalue weighted by molar-refractivity contribution is 0.0988. The van der Waals surface area contributed by atoms with Crippen molar-refractivity contribution < 1.29 is 4.79 Å². The summed E-state index contributed by atoms with van der Waals surface area (Å²) >= 11 is 4.13. The first kappa shape index (κ1) is 12.1. The molecule has 0 amide bonds. The van der Waals surface area contributed by atoms with E-state index in [1.165, 1.54) is 0 Å². The lowest BCUT2D eigenvalue weighted by Gasteiger charge is -1.98. The van der Waals surface area contributed by atoms with Gasteiger partial charge in [-0.15, -0.1) is 0 Å². The van der Waals surface area contributed by atoms with Crippen molar-refractivity contribution in [2.24, 2.45) is 0 Å². The van der Waals surface area contributed by atoms with Gasteiger partial charge in [0.05, 0.1) is 0 Å². The van der Waals surface area contributed by atoms with E-state index in [1.54, 1.807) is 0 Å². The second kappa shape index (κ2) is 6.46. The third-order valence-electron chi connectivity index (χ3n) is 2.16. The predicted molar refractivity (Wildman–Crippen MR) is 68.6 cm³/mol. The van der Waals surface area contributed by atoms with Gasteiger partial charge in [0, 0.05) is 12.0 Å². The highest BCUT2D eigenvalue weighted by atomic mass is 32.1. The summed E-state index contributed by atoms with van der Waals surface area (Å²) in [5, 5.41) is 0. The molecule has 0 saturated carbocycles. The molecule has 0 atom stereocenters. The fourth-order valence-corrected chi connectivity index (χ4v) is 1.43. The van der Waals surface area contributed by atoms with Crippen LogP contribution in [0.1, 0.15) is 35.7 Å². The maximum Gasteiger partial charge on any atom is 0.162 e. The van der Waals surface area contributed by atoms with Gasteiger partial charge in [-0.1, -0.05) is 43.3 Å². The highest BCUT2D eigenvalue weighted by molar-refractivity contribution is 7.80. The van der Waals surface area contributed by atoms with Crippen molar-refractivity contribution in [1.82, 2.24) is 0 Å². The van der Waals surface area contributed by atoms with Crippen LogP contribution in [0.3, 0.4) is 0 Å². The van der Waals surface area contributed by atoms with Gasteiger partial charge in [-0.2, -0.15) is 12.6 Å². The molecule has 15 heavy (non-hydrogen) atoms. The summed E-state index contributed by atoms with van der Waals surface area (Å²) in [5.41, 5.74) is 1.92. The Labute approximate surface area is 96.6 Å². The number of allylic oxidation sites excluding steroid dienone is 1. The minimum absolute atomic E-state index is 0.195. The van der Waals surface area contributed by atoms with E-state index < -0.39 is 0 Å². The van der Waals surface area contributed by atoms with Gasteiger partial charge in [-0.25, -0.2) is 0 Å². The van der Waals surface area contributed by atoms with E-state index in [0.29, 0.717) is 6.42 Å². The SMILES string of the molecule is CCC(=O)c1ccc(C=CCCS)cc1. The average Bonchev–Trinajstić information content (AvgIpc) is 2.29. The Kier molecular flexibility index (Phi) is 5.19. The number of carbonyl (C=O) groups excluding carboxylic acids is 1. The largest absolute Gasteiger partial charge is 0.294 e. The first-order valence-corrected chi connectivity index (χ1v) is 5.82. The molecule has 2 heteroatoms. The summed E-state index contributed by atoms with van der Waals surface area (Å²) in [4.78, 5) is 11.4. The Bertz CT molecular complexity index is 338. The molecule has 0 aliphatic heterocycles. The van der Waals surface area contributed by atoms with Crippen LogP contribution in [0.15, 0.2) is 30.3 Å². The average molecular weight is 220 g/mol. The second-order valence-corrected chi connectivity index (χ2v) is 3.76. The van der Waals surface area contributed by atoms with Crippen LogP contribution in [-0.2, 0) is 0 Å². The molecule has 0 fully saturated rings.